The van der Waals surface area contributed by atoms with Crippen LogP contribution in [0.3, 0.4) is 0 Å². The van der Waals surface area contributed by atoms with Crippen LogP contribution in [0.1, 0.15) is 32.6 Å². The Morgan fingerprint density at radius 2 is 0.952 bits per heavy atom. The lowest BCUT2D eigenvalue weighted by Crippen LogP contribution is -2.55. The Morgan fingerprint density at radius 1 is 0.484 bits per heavy atom. The van der Waals surface area contributed by atoms with Gasteiger partial charge in [-0.3, -0.25) is 14.6 Å². The fourth-order valence-corrected chi connectivity index (χ4v) is 9.19. The SMILES string of the molecule is Clc1ccccc1-c1ccc(CN2CCN[C@@H](Cc3ccccc3)C2)cc1.O=C(c1ccccc1)N1CCN(Cc2ccc(-c3ccccc3Cl)cc2)C[C@@H]1Cc1ccccc1. The van der Waals surface area contributed by atoms with Crippen LogP contribution in [0.2, 0.25) is 10.0 Å². The Balaban J connectivity index is 0.000000176. The molecule has 0 spiro atoms. The van der Waals surface area contributed by atoms with E-state index in [9.17, 15) is 4.79 Å². The molecule has 2 heterocycles. The van der Waals surface area contributed by atoms with Crippen LogP contribution in [0.4, 0.5) is 0 Å². The molecule has 2 saturated heterocycles. The summed E-state index contributed by atoms with van der Waals surface area (Å²) < 4.78 is 0. The first-order chi connectivity index (χ1) is 30.4. The van der Waals surface area contributed by atoms with Gasteiger partial charge >= 0.3 is 0 Å². The number of nitrogens with zero attached hydrogens (tertiary/aromatic N) is 3. The molecule has 1 N–H and O–H groups in total. The second-order valence-corrected chi connectivity index (χ2v) is 17.2. The number of carbonyl (C=O) groups excluding carboxylic acids is 1. The molecule has 0 unspecified atom stereocenters. The summed E-state index contributed by atoms with van der Waals surface area (Å²) in [6, 6.07) is 65.0. The van der Waals surface area contributed by atoms with Crippen LogP contribution in [-0.4, -0.2) is 72.0 Å². The van der Waals surface area contributed by atoms with Crippen LogP contribution >= 0.6 is 23.2 Å². The zero-order valence-electron chi connectivity index (χ0n) is 35.1. The maximum Gasteiger partial charge on any atom is 0.254 e. The third-order valence-corrected chi connectivity index (χ3v) is 12.6. The zero-order valence-corrected chi connectivity index (χ0v) is 36.6. The van der Waals surface area contributed by atoms with Gasteiger partial charge in [0, 0.05) is 91.2 Å². The van der Waals surface area contributed by atoms with Gasteiger partial charge in [-0.25, -0.2) is 0 Å². The van der Waals surface area contributed by atoms with E-state index in [4.69, 9.17) is 23.2 Å². The number of nitrogens with one attached hydrogen (secondary N) is 1. The molecular formula is C55H54Cl2N4O. The monoisotopic (exact) mass is 856 g/mol. The first-order valence-electron chi connectivity index (χ1n) is 21.7. The van der Waals surface area contributed by atoms with Crippen LogP contribution in [0, 0.1) is 0 Å². The topological polar surface area (TPSA) is 38.8 Å². The molecule has 314 valence electrons. The second-order valence-electron chi connectivity index (χ2n) is 16.4. The number of carbonyl (C=O) groups is 1. The van der Waals surface area contributed by atoms with Crippen LogP contribution in [0.15, 0.2) is 188 Å². The van der Waals surface area contributed by atoms with Gasteiger partial charge in [-0.1, -0.05) is 187 Å². The van der Waals surface area contributed by atoms with Crippen LogP contribution in [0.5, 0.6) is 0 Å². The highest BCUT2D eigenvalue weighted by molar-refractivity contribution is 6.33. The van der Waals surface area contributed by atoms with Crippen LogP contribution < -0.4 is 5.32 Å². The van der Waals surface area contributed by atoms with Gasteiger partial charge in [-0.15, -0.1) is 0 Å². The maximum absolute atomic E-state index is 13.4. The minimum absolute atomic E-state index is 0.121. The summed E-state index contributed by atoms with van der Waals surface area (Å²) in [6.07, 6.45) is 1.93. The summed E-state index contributed by atoms with van der Waals surface area (Å²) in [4.78, 5) is 20.4. The smallest absolute Gasteiger partial charge is 0.254 e. The first kappa shape index (κ1) is 43.1. The van der Waals surface area contributed by atoms with E-state index in [1.807, 2.05) is 72.8 Å². The van der Waals surface area contributed by atoms with Crippen molar-refractivity contribution in [3.05, 3.63) is 226 Å². The standard InChI is InChI=1S/C31H29ClN2O.C24H25ClN2/c32-30-14-8-7-13-29(30)26-17-15-25(16-18-26)22-33-19-20-34(31(35)27-11-5-2-6-12-27)28(23-33)21-24-9-3-1-4-10-24;25-24-9-5-4-8-23(24)21-12-10-20(11-13-21)17-27-15-14-26-22(18-27)16-19-6-2-1-3-7-19/h1-18,28H,19-23H2;1-13,22,26H,14-18H2/t28-;22-/m00/s1. The molecule has 7 heteroatoms. The van der Waals surface area contributed by atoms with Crippen LogP contribution in [-0.2, 0) is 25.9 Å². The van der Waals surface area contributed by atoms with Crippen molar-refractivity contribution in [3.63, 3.8) is 0 Å². The lowest BCUT2D eigenvalue weighted by Gasteiger charge is -2.42. The first-order valence-corrected chi connectivity index (χ1v) is 22.5. The van der Waals surface area contributed by atoms with E-state index in [-0.39, 0.29) is 11.9 Å². The molecule has 0 aliphatic carbocycles. The van der Waals surface area contributed by atoms with Crippen molar-refractivity contribution in [2.24, 2.45) is 0 Å². The number of piperazine rings is 2. The van der Waals surface area contributed by atoms with Crippen molar-refractivity contribution in [1.82, 2.24) is 20.0 Å². The van der Waals surface area contributed by atoms with Gasteiger partial charge in [0.25, 0.3) is 5.91 Å². The van der Waals surface area contributed by atoms with Crippen molar-refractivity contribution in [3.8, 4) is 22.3 Å². The van der Waals surface area contributed by atoms with Crippen molar-refractivity contribution >= 4 is 29.1 Å². The lowest BCUT2D eigenvalue weighted by molar-refractivity contribution is 0.0439. The molecule has 2 atom stereocenters. The fraction of sp³-hybridized carbons (Fsp3) is 0.218. The van der Waals surface area contributed by atoms with E-state index < -0.39 is 0 Å². The van der Waals surface area contributed by atoms with Crippen molar-refractivity contribution < 1.29 is 4.79 Å². The molecule has 7 aromatic rings. The third kappa shape index (κ3) is 11.7. The Kier molecular flexibility index (Phi) is 15.0. The Bertz CT molecular complexity index is 2460. The van der Waals surface area contributed by atoms with E-state index >= 15 is 0 Å². The molecule has 7 aromatic carbocycles. The molecular weight excluding hydrogens is 804 g/mol. The number of hydrogen-bond acceptors (Lipinski definition) is 4. The summed E-state index contributed by atoms with van der Waals surface area (Å²) >= 11 is 12.7. The number of amides is 1. The van der Waals surface area contributed by atoms with E-state index in [1.165, 1.54) is 27.8 Å². The summed E-state index contributed by atoms with van der Waals surface area (Å²) in [7, 11) is 0. The molecule has 0 saturated carbocycles. The molecule has 9 rings (SSSR count). The highest BCUT2D eigenvalue weighted by Gasteiger charge is 2.31. The second kappa shape index (κ2) is 21.5. The van der Waals surface area contributed by atoms with Crippen molar-refractivity contribution in [2.75, 3.05) is 39.3 Å². The van der Waals surface area contributed by atoms with Gasteiger partial charge in [0.05, 0.1) is 0 Å². The number of hydrogen-bond donors (Lipinski definition) is 1. The summed E-state index contributed by atoms with van der Waals surface area (Å²) in [5.74, 6) is 0.121. The normalized spacial score (nSPS) is 16.9. The van der Waals surface area contributed by atoms with Crippen LogP contribution in [0.25, 0.3) is 22.3 Å². The minimum Gasteiger partial charge on any atom is -0.333 e. The van der Waals surface area contributed by atoms with Gasteiger partial charge in [0.15, 0.2) is 0 Å². The average molecular weight is 858 g/mol. The predicted molar refractivity (Wildman–Crippen MR) is 258 cm³/mol. The molecule has 0 aromatic heterocycles. The maximum atomic E-state index is 13.4. The molecule has 2 aliphatic heterocycles. The molecule has 5 nitrogen and oxygen atoms in total. The van der Waals surface area contributed by atoms with Gasteiger partial charge in [-0.2, -0.15) is 0 Å². The quantitative estimate of drug-likeness (QED) is 0.141. The average Bonchev–Trinajstić information content (AvgIpc) is 3.31. The molecule has 2 aliphatic rings. The molecule has 1 amide bonds. The minimum atomic E-state index is 0.121. The summed E-state index contributed by atoms with van der Waals surface area (Å²) in [5, 5.41) is 5.23. The van der Waals surface area contributed by atoms with Crippen molar-refractivity contribution in [1.29, 1.82) is 0 Å². The summed E-state index contributed by atoms with van der Waals surface area (Å²) in [5.41, 5.74) is 10.5. The Labute approximate surface area is 377 Å². The van der Waals surface area contributed by atoms with E-state index in [2.05, 4.69) is 135 Å². The number of benzene rings is 7. The molecule has 2 fully saturated rings. The highest BCUT2D eigenvalue weighted by Crippen LogP contribution is 2.29. The highest BCUT2D eigenvalue weighted by atomic mass is 35.5. The molecule has 0 radical (unpaired) electrons. The van der Waals surface area contributed by atoms with Gasteiger partial charge in [0.2, 0.25) is 0 Å². The number of halogens is 2. The Hall–Kier alpha value is -5.53. The largest absolute Gasteiger partial charge is 0.333 e. The van der Waals surface area contributed by atoms with Gasteiger partial charge in [-0.05, 0) is 70.5 Å². The summed E-state index contributed by atoms with van der Waals surface area (Å²) in [6.45, 7) is 7.52. The molecule has 0 bridgehead atoms. The van der Waals surface area contributed by atoms with Crippen molar-refractivity contribution in [2.45, 2.75) is 38.0 Å². The van der Waals surface area contributed by atoms with Gasteiger partial charge in [0.1, 0.15) is 0 Å². The zero-order chi connectivity index (χ0) is 42.5. The third-order valence-electron chi connectivity index (χ3n) is 11.9. The Morgan fingerprint density at radius 3 is 1.48 bits per heavy atom. The molecule has 62 heavy (non-hydrogen) atoms. The van der Waals surface area contributed by atoms with E-state index in [1.54, 1.807) is 0 Å². The fourth-order valence-electron chi connectivity index (χ4n) is 8.70. The predicted octanol–water partition coefficient (Wildman–Crippen LogP) is 11.6. The number of rotatable bonds is 11. The lowest BCUT2D eigenvalue weighted by atomic mass is 10.00. The van der Waals surface area contributed by atoms with E-state index in [0.717, 1.165) is 97.5 Å². The van der Waals surface area contributed by atoms with Gasteiger partial charge < -0.3 is 10.2 Å². The van der Waals surface area contributed by atoms with E-state index in [0.29, 0.717) is 6.04 Å².